The van der Waals surface area contributed by atoms with Gasteiger partial charge in [-0.25, -0.2) is 8.42 Å². The third kappa shape index (κ3) is 4.86. The van der Waals surface area contributed by atoms with E-state index in [1.807, 2.05) is 56.9 Å². The molecule has 0 N–H and O–H groups in total. The molecule has 0 spiro atoms. The monoisotopic (exact) mass is 484 g/mol. The van der Waals surface area contributed by atoms with Crippen molar-refractivity contribution in [3.8, 4) is 5.75 Å². The number of amides is 1. The maximum atomic E-state index is 13.5. The summed E-state index contributed by atoms with van der Waals surface area (Å²) in [5.74, 6) is 0.876. The van der Waals surface area contributed by atoms with Crippen LogP contribution < -0.4 is 4.74 Å². The Hall–Kier alpha value is -2.38. The van der Waals surface area contributed by atoms with E-state index in [2.05, 4.69) is 12.1 Å². The van der Waals surface area contributed by atoms with Crippen LogP contribution in [0.15, 0.2) is 41.3 Å². The molecule has 2 aliphatic rings. The lowest BCUT2D eigenvalue weighted by atomic mass is 9.95. The summed E-state index contributed by atoms with van der Waals surface area (Å²) in [4.78, 5) is 15.9. The molecule has 2 aliphatic heterocycles. The lowest BCUT2D eigenvalue weighted by Crippen LogP contribution is -2.44. The zero-order chi connectivity index (χ0) is 24.5. The van der Waals surface area contributed by atoms with Gasteiger partial charge in [0.1, 0.15) is 5.75 Å². The zero-order valence-corrected chi connectivity index (χ0v) is 21.5. The smallest absolute Gasteiger partial charge is 0.243 e. The van der Waals surface area contributed by atoms with Gasteiger partial charge in [0.05, 0.1) is 17.5 Å². The molecule has 2 aromatic carbocycles. The normalized spacial score (nSPS) is 20.0. The predicted octanol–water partition coefficient (Wildman–Crippen LogP) is 4.77. The van der Waals surface area contributed by atoms with Crippen molar-refractivity contribution < 1.29 is 17.9 Å². The molecule has 2 aromatic rings. The number of carbonyl (C=O) groups is 1. The van der Waals surface area contributed by atoms with Gasteiger partial charge in [-0.2, -0.15) is 4.31 Å². The van der Waals surface area contributed by atoms with E-state index >= 15 is 0 Å². The highest BCUT2D eigenvalue weighted by Crippen LogP contribution is 2.36. The predicted molar refractivity (Wildman–Crippen MR) is 133 cm³/mol. The van der Waals surface area contributed by atoms with Gasteiger partial charge in [-0.15, -0.1) is 0 Å². The summed E-state index contributed by atoms with van der Waals surface area (Å²) in [5, 5.41) is 0. The van der Waals surface area contributed by atoms with Crippen LogP contribution in [0.1, 0.15) is 60.9 Å². The molecule has 2 fully saturated rings. The Morgan fingerprint density at radius 2 is 1.59 bits per heavy atom. The van der Waals surface area contributed by atoms with Crippen molar-refractivity contribution in [3.05, 3.63) is 58.7 Å². The molecule has 2 saturated heterocycles. The Morgan fingerprint density at radius 3 is 2.18 bits per heavy atom. The van der Waals surface area contributed by atoms with Crippen LogP contribution in [0.25, 0.3) is 0 Å². The van der Waals surface area contributed by atoms with Gasteiger partial charge < -0.3 is 9.64 Å². The molecule has 6 nitrogen and oxygen atoms in total. The molecule has 0 radical (unpaired) electrons. The van der Waals surface area contributed by atoms with Crippen molar-refractivity contribution in [2.24, 2.45) is 5.92 Å². The fourth-order valence-electron chi connectivity index (χ4n) is 5.61. The largest absolute Gasteiger partial charge is 0.494 e. The molecule has 34 heavy (non-hydrogen) atoms. The van der Waals surface area contributed by atoms with E-state index in [1.165, 1.54) is 0 Å². The van der Waals surface area contributed by atoms with Crippen molar-refractivity contribution in [2.45, 2.75) is 64.3 Å². The minimum absolute atomic E-state index is 0.0859. The highest BCUT2D eigenvalue weighted by Gasteiger charge is 2.38. The number of hydrogen-bond acceptors (Lipinski definition) is 4. The number of benzene rings is 2. The Labute approximate surface area is 204 Å². The van der Waals surface area contributed by atoms with Crippen molar-refractivity contribution in [2.75, 3.05) is 26.2 Å². The maximum Gasteiger partial charge on any atom is 0.243 e. The van der Waals surface area contributed by atoms with Crippen LogP contribution in [0.4, 0.5) is 0 Å². The summed E-state index contributed by atoms with van der Waals surface area (Å²) in [5.41, 5.74) is 3.77. The SMILES string of the molecule is CCOc1ccc([C@@H]2CCCN2C(=O)C2CCN(S(=O)(=O)c3c(C)cc(C)cc3C)CC2)cc1. The Morgan fingerprint density at radius 1 is 0.971 bits per heavy atom. The molecule has 0 saturated carbocycles. The van der Waals surface area contributed by atoms with Crippen LogP contribution in [0.3, 0.4) is 0 Å². The van der Waals surface area contributed by atoms with E-state index < -0.39 is 10.0 Å². The van der Waals surface area contributed by atoms with Crippen molar-refractivity contribution in [3.63, 3.8) is 0 Å². The molecule has 1 amide bonds. The van der Waals surface area contributed by atoms with Crippen LogP contribution in [-0.2, 0) is 14.8 Å². The summed E-state index contributed by atoms with van der Waals surface area (Å²) < 4.78 is 33.9. The van der Waals surface area contributed by atoms with Crippen molar-refractivity contribution in [1.82, 2.24) is 9.21 Å². The average Bonchev–Trinajstić information content (AvgIpc) is 3.28. The molecule has 184 valence electrons. The zero-order valence-electron chi connectivity index (χ0n) is 20.7. The first-order chi connectivity index (χ1) is 16.2. The number of piperidine rings is 1. The standard InChI is InChI=1S/C27H36N2O4S/c1-5-33-24-10-8-22(9-11-24)25-7-6-14-29(25)27(30)23-12-15-28(16-13-23)34(31,32)26-20(3)17-19(2)18-21(26)4/h8-11,17-18,23,25H,5-7,12-16H2,1-4H3/t25-/m0/s1. The number of ether oxygens (including phenoxy) is 1. The molecule has 1 atom stereocenters. The van der Waals surface area contributed by atoms with Gasteiger partial charge in [-0.1, -0.05) is 29.8 Å². The van der Waals surface area contributed by atoms with Crippen LogP contribution >= 0.6 is 0 Å². The summed E-state index contributed by atoms with van der Waals surface area (Å²) in [6.45, 7) is 9.81. The summed E-state index contributed by atoms with van der Waals surface area (Å²) in [6.07, 6.45) is 3.07. The second-order valence-corrected chi connectivity index (χ2v) is 11.5. The van der Waals surface area contributed by atoms with Gasteiger partial charge in [0.15, 0.2) is 0 Å². The lowest BCUT2D eigenvalue weighted by Gasteiger charge is -2.35. The third-order valence-electron chi connectivity index (χ3n) is 7.12. The summed E-state index contributed by atoms with van der Waals surface area (Å²) in [7, 11) is -3.57. The minimum Gasteiger partial charge on any atom is -0.494 e. The van der Waals surface area contributed by atoms with Crippen LogP contribution in [0, 0.1) is 26.7 Å². The average molecular weight is 485 g/mol. The van der Waals surface area contributed by atoms with Gasteiger partial charge in [0.25, 0.3) is 0 Å². The Kier molecular flexibility index (Phi) is 7.33. The first-order valence-corrected chi connectivity index (χ1v) is 13.8. The van der Waals surface area contributed by atoms with Crippen molar-refractivity contribution in [1.29, 1.82) is 0 Å². The van der Waals surface area contributed by atoms with E-state index in [9.17, 15) is 13.2 Å². The van der Waals surface area contributed by atoms with Gasteiger partial charge in [-0.3, -0.25) is 4.79 Å². The second-order valence-electron chi connectivity index (χ2n) is 9.60. The molecule has 4 rings (SSSR count). The van der Waals surface area contributed by atoms with Crippen LogP contribution in [0.2, 0.25) is 0 Å². The Bertz CT molecular complexity index is 1110. The molecule has 0 aliphatic carbocycles. The second kappa shape index (κ2) is 10.1. The molecule has 2 heterocycles. The highest BCUT2D eigenvalue weighted by atomic mass is 32.2. The van der Waals surface area contributed by atoms with Gasteiger partial charge in [0.2, 0.25) is 15.9 Å². The third-order valence-corrected chi connectivity index (χ3v) is 9.32. The Balaban J connectivity index is 1.43. The van der Waals surface area contributed by atoms with E-state index in [0.717, 1.165) is 47.4 Å². The molecule has 0 bridgehead atoms. The number of hydrogen-bond donors (Lipinski definition) is 0. The van der Waals surface area contributed by atoms with E-state index in [0.29, 0.717) is 37.4 Å². The molecule has 0 aromatic heterocycles. The van der Waals surface area contributed by atoms with E-state index in [-0.39, 0.29) is 17.9 Å². The quantitative estimate of drug-likeness (QED) is 0.592. The number of aryl methyl sites for hydroxylation is 3. The minimum atomic E-state index is -3.57. The fourth-order valence-corrected chi connectivity index (χ4v) is 7.49. The summed E-state index contributed by atoms with van der Waals surface area (Å²) in [6, 6.07) is 12.0. The van der Waals surface area contributed by atoms with Gasteiger partial charge in [-0.05, 0) is 82.2 Å². The fraction of sp³-hybridized carbons (Fsp3) is 0.519. The number of carbonyl (C=O) groups excluding carboxylic acids is 1. The molecule has 0 unspecified atom stereocenters. The number of likely N-dealkylation sites (tertiary alicyclic amines) is 1. The molecule has 7 heteroatoms. The number of sulfonamides is 1. The highest BCUT2D eigenvalue weighted by molar-refractivity contribution is 7.89. The summed E-state index contributed by atoms with van der Waals surface area (Å²) >= 11 is 0. The topological polar surface area (TPSA) is 66.9 Å². The lowest BCUT2D eigenvalue weighted by molar-refractivity contribution is -0.137. The molecular formula is C27H36N2O4S. The van der Waals surface area contributed by atoms with Gasteiger partial charge in [0, 0.05) is 25.6 Å². The van der Waals surface area contributed by atoms with Gasteiger partial charge >= 0.3 is 0 Å². The first-order valence-electron chi connectivity index (χ1n) is 12.3. The first kappa shape index (κ1) is 24.7. The molecular weight excluding hydrogens is 448 g/mol. The van der Waals surface area contributed by atoms with Crippen molar-refractivity contribution >= 4 is 15.9 Å². The van der Waals surface area contributed by atoms with E-state index in [4.69, 9.17) is 4.74 Å². The van der Waals surface area contributed by atoms with Crippen LogP contribution in [0.5, 0.6) is 5.75 Å². The van der Waals surface area contributed by atoms with Crippen LogP contribution in [-0.4, -0.2) is 49.8 Å². The maximum absolute atomic E-state index is 13.5. The number of rotatable bonds is 6. The number of nitrogens with zero attached hydrogens (tertiary/aromatic N) is 2. The van der Waals surface area contributed by atoms with E-state index in [1.54, 1.807) is 4.31 Å².